The molecule has 0 aromatic heterocycles. The Labute approximate surface area is 140 Å². The maximum atomic E-state index is 12.2. The molecule has 0 aliphatic carbocycles. The van der Waals surface area contributed by atoms with E-state index in [1.54, 1.807) is 12.1 Å². The van der Waals surface area contributed by atoms with Crippen molar-refractivity contribution in [2.75, 3.05) is 18.4 Å². The molecular formula is C18H19ClN2O2. The van der Waals surface area contributed by atoms with E-state index < -0.39 is 0 Å². The lowest BCUT2D eigenvalue weighted by molar-refractivity contribution is -0.120. The summed E-state index contributed by atoms with van der Waals surface area (Å²) in [5, 5.41) is 6.86. The molecule has 0 radical (unpaired) electrons. The quantitative estimate of drug-likeness (QED) is 0.888. The monoisotopic (exact) mass is 330 g/mol. The average molecular weight is 331 g/mol. The molecule has 4 nitrogen and oxygen atoms in total. The second-order valence-electron chi connectivity index (χ2n) is 5.60. The Morgan fingerprint density at radius 3 is 2.52 bits per heavy atom. The number of rotatable bonds is 4. The lowest BCUT2D eigenvalue weighted by atomic mass is 9.97. The lowest BCUT2D eigenvalue weighted by Gasteiger charge is -2.21. The van der Waals surface area contributed by atoms with E-state index in [1.807, 2.05) is 36.4 Å². The van der Waals surface area contributed by atoms with Gasteiger partial charge in [0.1, 0.15) is 11.5 Å². The molecule has 1 heterocycles. The molecule has 0 spiro atoms. The molecule has 3 rings (SSSR count). The molecule has 5 heteroatoms. The summed E-state index contributed by atoms with van der Waals surface area (Å²) >= 11 is 5.94. The van der Waals surface area contributed by atoms with Crippen LogP contribution in [-0.4, -0.2) is 19.0 Å². The van der Waals surface area contributed by atoms with Crippen LogP contribution in [0.15, 0.2) is 48.5 Å². The van der Waals surface area contributed by atoms with Crippen LogP contribution in [0.3, 0.4) is 0 Å². The zero-order valence-corrected chi connectivity index (χ0v) is 13.5. The van der Waals surface area contributed by atoms with Crippen LogP contribution in [0.4, 0.5) is 5.69 Å². The fourth-order valence-electron chi connectivity index (χ4n) is 2.60. The molecule has 1 saturated heterocycles. The van der Waals surface area contributed by atoms with Crippen LogP contribution in [0.5, 0.6) is 11.5 Å². The van der Waals surface area contributed by atoms with Crippen LogP contribution in [-0.2, 0) is 4.79 Å². The number of carbonyl (C=O) groups excluding carboxylic acids is 1. The molecule has 23 heavy (non-hydrogen) atoms. The normalized spacial score (nSPS) is 15.2. The number of piperidine rings is 1. The zero-order valence-electron chi connectivity index (χ0n) is 12.7. The maximum Gasteiger partial charge on any atom is 0.227 e. The van der Waals surface area contributed by atoms with Gasteiger partial charge < -0.3 is 15.4 Å². The van der Waals surface area contributed by atoms with Crippen LogP contribution in [0, 0.1) is 5.92 Å². The van der Waals surface area contributed by atoms with Crippen molar-refractivity contribution in [2.24, 2.45) is 5.92 Å². The molecule has 1 aliphatic heterocycles. The first-order chi connectivity index (χ1) is 11.2. The zero-order chi connectivity index (χ0) is 16.1. The van der Waals surface area contributed by atoms with Crippen molar-refractivity contribution in [1.82, 2.24) is 5.32 Å². The highest BCUT2D eigenvalue weighted by atomic mass is 35.5. The average Bonchev–Trinajstić information content (AvgIpc) is 2.57. The van der Waals surface area contributed by atoms with Gasteiger partial charge in [0.25, 0.3) is 0 Å². The van der Waals surface area contributed by atoms with Crippen molar-refractivity contribution in [2.45, 2.75) is 12.8 Å². The summed E-state index contributed by atoms with van der Waals surface area (Å²) < 4.78 is 5.73. The number of amides is 1. The van der Waals surface area contributed by atoms with Gasteiger partial charge in [-0.05, 0) is 68.4 Å². The molecule has 2 aromatic rings. The summed E-state index contributed by atoms with van der Waals surface area (Å²) in [5.41, 5.74) is 0.784. The molecule has 0 bridgehead atoms. The third kappa shape index (κ3) is 4.47. The standard InChI is InChI=1S/C18H19ClN2O2/c19-14-2-1-3-17(12-14)23-16-6-4-15(5-7-16)21-18(22)13-8-10-20-11-9-13/h1-7,12-13,20H,8-11H2,(H,21,22). The molecule has 1 fully saturated rings. The fourth-order valence-corrected chi connectivity index (χ4v) is 2.78. The van der Waals surface area contributed by atoms with E-state index in [-0.39, 0.29) is 11.8 Å². The van der Waals surface area contributed by atoms with Crippen molar-refractivity contribution in [3.05, 3.63) is 53.6 Å². The van der Waals surface area contributed by atoms with Gasteiger partial charge in [0.2, 0.25) is 5.91 Å². The number of benzene rings is 2. The smallest absolute Gasteiger partial charge is 0.227 e. The summed E-state index contributed by atoms with van der Waals surface area (Å²) in [6.07, 6.45) is 1.78. The number of hydrogen-bond acceptors (Lipinski definition) is 3. The molecule has 2 aromatic carbocycles. The minimum absolute atomic E-state index is 0.0926. The number of anilines is 1. The largest absolute Gasteiger partial charge is 0.457 e. The van der Waals surface area contributed by atoms with Gasteiger partial charge in [-0.25, -0.2) is 0 Å². The molecule has 120 valence electrons. The first-order valence-electron chi connectivity index (χ1n) is 7.76. The van der Waals surface area contributed by atoms with Crippen LogP contribution >= 0.6 is 11.6 Å². The first-order valence-corrected chi connectivity index (χ1v) is 8.13. The van der Waals surface area contributed by atoms with E-state index >= 15 is 0 Å². The van der Waals surface area contributed by atoms with Crippen LogP contribution in [0.2, 0.25) is 5.02 Å². The third-order valence-corrected chi connectivity index (χ3v) is 4.10. The minimum atomic E-state index is 0.0926. The number of nitrogens with one attached hydrogen (secondary N) is 2. The Bertz CT molecular complexity index is 667. The van der Waals surface area contributed by atoms with E-state index in [2.05, 4.69) is 10.6 Å². The van der Waals surface area contributed by atoms with E-state index in [4.69, 9.17) is 16.3 Å². The van der Waals surface area contributed by atoms with Crippen molar-refractivity contribution >= 4 is 23.2 Å². The SMILES string of the molecule is O=C(Nc1ccc(Oc2cccc(Cl)c2)cc1)C1CCNCC1. The number of hydrogen-bond donors (Lipinski definition) is 2. The number of halogens is 1. The summed E-state index contributed by atoms with van der Waals surface area (Å²) in [7, 11) is 0. The lowest BCUT2D eigenvalue weighted by Crippen LogP contribution is -2.34. The van der Waals surface area contributed by atoms with E-state index in [9.17, 15) is 4.79 Å². The van der Waals surface area contributed by atoms with Crippen molar-refractivity contribution in [3.8, 4) is 11.5 Å². The van der Waals surface area contributed by atoms with Crippen LogP contribution in [0.25, 0.3) is 0 Å². The summed E-state index contributed by atoms with van der Waals surface area (Å²) in [6, 6.07) is 14.6. The second-order valence-corrected chi connectivity index (χ2v) is 6.03. The van der Waals surface area contributed by atoms with Gasteiger partial charge in [-0.1, -0.05) is 17.7 Å². The highest BCUT2D eigenvalue weighted by Crippen LogP contribution is 2.25. The molecule has 1 aliphatic rings. The highest BCUT2D eigenvalue weighted by molar-refractivity contribution is 6.30. The molecule has 0 saturated carbocycles. The van der Waals surface area contributed by atoms with Gasteiger partial charge in [0.15, 0.2) is 0 Å². The Morgan fingerprint density at radius 1 is 1.09 bits per heavy atom. The van der Waals surface area contributed by atoms with Crippen LogP contribution in [0.1, 0.15) is 12.8 Å². The molecule has 2 N–H and O–H groups in total. The maximum absolute atomic E-state index is 12.2. The Balaban J connectivity index is 1.59. The first kappa shape index (κ1) is 15.8. The predicted octanol–water partition coefficient (Wildman–Crippen LogP) is 4.07. The van der Waals surface area contributed by atoms with E-state index in [0.717, 1.165) is 31.6 Å². The molecule has 0 unspecified atom stereocenters. The van der Waals surface area contributed by atoms with E-state index in [0.29, 0.717) is 16.5 Å². The Morgan fingerprint density at radius 2 is 1.83 bits per heavy atom. The van der Waals surface area contributed by atoms with Crippen molar-refractivity contribution in [1.29, 1.82) is 0 Å². The highest BCUT2D eigenvalue weighted by Gasteiger charge is 2.20. The second kappa shape index (κ2) is 7.49. The summed E-state index contributed by atoms with van der Waals surface area (Å²) in [6.45, 7) is 1.81. The molecule has 0 atom stereocenters. The summed E-state index contributed by atoms with van der Waals surface area (Å²) in [5.74, 6) is 1.57. The third-order valence-electron chi connectivity index (χ3n) is 3.86. The van der Waals surface area contributed by atoms with Gasteiger partial charge in [0, 0.05) is 16.6 Å². The predicted molar refractivity (Wildman–Crippen MR) is 92.2 cm³/mol. The topological polar surface area (TPSA) is 50.4 Å². The molecule has 1 amide bonds. The van der Waals surface area contributed by atoms with Gasteiger partial charge in [0.05, 0.1) is 0 Å². The van der Waals surface area contributed by atoms with E-state index in [1.165, 1.54) is 0 Å². The Hall–Kier alpha value is -2.04. The fraction of sp³-hybridized carbons (Fsp3) is 0.278. The molecular weight excluding hydrogens is 312 g/mol. The number of ether oxygens (including phenoxy) is 1. The number of carbonyl (C=O) groups is 1. The van der Waals surface area contributed by atoms with Gasteiger partial charge in [-0.3, -0.25) is 4.79 Å². The van der Waals surface area contributed by atoms with Gasteiger partial charge >= 0.3 is 0 Å². The Kier molecular flexibility index (Phi) is 5.16. The van der Waals surface area contributed by atoms with Gasteiger partial charge in [-0.15, -0.1) is 0 Å². The van der Waals surface area contributed by atoms with Crippen molar-refractivity contribution < 1.29 is 9.53 Å². The van der Waals surface area contributed by atoms with Gasteiger partial charge in [-0.2, -0.15) is 0 Å². The van der Waals surface area contributed by atoms with Crippen molar-refractivity contribution in [3.63, 3.8) is 0 Å². The van der Waals surface area contributed by atoms with Crippen LogP contribution < -0.4 is 15.4 Å². The minimum Gasteiger partial charge on any atom is -0.457 e. The summed E-state index contributed by atoms with van der Waals surface area (Å²) in [4.78, 5) is 12.2.